The van der Waals surface area contributed by atoms with E-state index in [2.05, 4.69) is 16.0 Å². The molecule has 6 heteroatoms. The minimum absolute atomic E-state index is 0.0268. The van der Waals surface area contributed by atoms with Gasteiger partial charge in [0.15, 0.2) is 0 Å². The van der Waals surface area contributed by atoms with Crippen molar-refractivity contribution < 1.29 is 9.53 Å². The Morgan fingerprint density at radius 2 is 2.00 bits per heavy atom. The van der Waals surface area contributed by atoms with E-state index >= 15 is 0 Å². The highest BCUT2D eigenvalue weighted by atomic mass is 35.5. The van der Waals surface area contributed by atoms with Gasteiger partial charge < -0.3 is 14.5 Å². The predicted molar refractivity (Wildman–Crippen MR) is 99.1 cm³/mol. The number of morpholine rings is 1. The molecule has 0 N–H and O–H groups in total. The normalized spacial score (nSPS) is 21.6. The number of hydrogen-bond acceptors (Lipinski definition) is 4. The average molecular weight is 360 g/mol. The molecule has 0 spiro atoms. The molecule has 0 bridgehead atoms. The van der Waals surface area contributed by atoms with Crippen molar-refractivity contribution in [3.63, 3.8) is 0 Å². The maximum atomic E-state index is 12.8. The molecule has 0 aliphatic carbocycles. The number of halogens is 1. The third kappa shape index (κ3) is 3.44. The highest BCUT2D eigenvalue weighted by molar-refractivity contribution is 6.34. The Kier molecular flexibility index (Phi) is 4.77. The summed E-state index contributed by atoms with van der Waals surface area (Å²) in [5.41, 5.74) is 0. The minimum atomic E-state index is 0.0268. The van der Waals surface area contributed by atoms with E-state index in [1.807, 2.05) is 29.2 Å². The number of anilines is 1. The van der Waals surface area contributed by atoms with Crippen LogP contribution in [0.2, 0.25) is 5.15 Å². The van der Waals surface area contributed by atoms with Crippen LogP contribution in [-0.2, 0) is 9.53 Å². The Labute approximate surface area is 152 Å². The molecule has 3 heterocycles. The van der Waals surface area contributed by atoms with Gasteiger partial charge in [0.1, 0.15) is 11.0 Å². The van der Waals surface area contributed by atoms with Crippen molar-refractivity contribution in [2.45, 2.75) is 12.8 Å². The van der Waals surface area contributed by atoms with Gasteiger partial charge in [-0.3, -0.25) is 4.79 Å². The number of ether oxygens (including phenoxy) is 1. The summed E-state index contributed by atoms with van der Waals surface area (Å²) in [4.78, 5) is 21.5. The number of fused-ring (bicyclic) bond motifs is 1. The minimum Gasteiger partial charge on any atom is -0.378 e. The van der Waals surface area contributed by atoms with Crippen molar-refractivity contribution in [1.82, 2.24) is 9.88 Å². The molecule has 2 fully saturated rings. The molecule has 5 nitrogen and oxygen atoms in total. The molecule has 2 aliphatic rings. The largest absolute Gasteiger partial charge is 0.378 e. The van der Waals surface area contributed by atoms with Crippen LogP contribution < -0.4 is 4.90 Å². The molecule has 1 amide bonds. The first-order chi connectivity index (χ1) is 12.2. The summed E-state index contributed by atoms with van der Waals surface area (Å²) in [5, 5.41) is 2.57. The zero-order valence-corrected chi connectivity index (χ0v) is 14.9. The van der Waals surface area contributed by atoms with Gasteiger partial charge in [-0.1, -0.05) is 35.9 Å². The zero-order chi connectivity index (χ0) is 17.2. The predicted octanol–water partition coefficient (Wildman–Crippen LogP) is 2.96. The number of piperidine rings is 1. The molecule has 2 aliphatic heterocycles. The Morgan fingerprint density at radius 1 is 1.20 bits per heavy atom. The lowest BCUT2D eigenvalue weighted by atomic mass is 9.96. The van der Waals surface area contributed by atoms with Crippen LogP contribution in [0.25, 0.3) is 10.8 Å². The fourth-order valence-electron chi connectivity index (χ4n) is 3.73. The van der Waals surface area contributed by atoms with Crippen LogP contribution in [0.5, 0.6) is 0 Å². The number of aromatic nitrogens is 1. The SMILES string of the molecule is O=C(C1CCCN(c2cc3ccccc3c(Cl)n2)C1)N1CCOCC1. The van der Waals surface area contributed by atoms with Gasteiger partial charge in [-0.25, -0.2) is 4.98 Å². The molecule has 1 atom stereocenters. The van der Waals surface area contributed by atoms with Gasteiger partial charge >= 0.3 is 0 Å². The molecule has 1 aromatic heterocycles. The van der Waals surface area contributed by atoms with Crippen molar-refractivity contribution in [2.75, 3.05) is 44.3 Å². The summed E-state index contributed by atoms with van der Waals surface area (Å²) in [6.45, 7) is 4.31. The fourth-order valence-corrected chi connectivity index (χ4v) is 3.99. The summed E-state index contributed by atoms with van der Waals surface area (Å²) in [5.74, 6) is 1.14. The van der Waals surface area contributed by atoms with Gasteiger partial charge in [0, 0.05) is 31.6 Å². The molecule has 0 saturated carbocycles. The van der Waals surface area contributed by atoms with Crippen LogP contribution in [0.1, 0.15) is 12.8 Å². The second-order valence-corrected chi connectivity index (χ2v) is 7.07. The van der Waals surface area contributed by atoms with Gasteiger partial charge in [-0.2, -0.15) is 0 Å². The lowest BCUT2D eigenvalue weighted by Crippen LogP contribution is -2.48. The second kappa shape index (κ2) is 7.18. The van der Waals surface area contributed by atoms with Gasteiger partial charge in [0.2, 0.25) is 5.91 Å². The topological polar surface area (TPSA) is 45.7 Å². The molecule has 0 radical (unpaired) electrons. The highest BCUT2D eigenvalue weighted by Crippen LogP contribution is 2.29. The van der Waals surface area contributed by atoms with Crippen LogP contribution in [0.3, 0.4) is 0 Å². The van der Waals surface area contributed by atoms with E-state index in [0.717, 1.165) is 36.0 Å². The summed E-state index contributed by atoms with van der Waals surface area (Å²) in [7, 11) is 0. The molecule has 2 aromatic rings. The lowest BCUT2D eigenvalue weighted by Gasteiger charge is -2.36. The number of amides is 1. The first-order valence-corrected chi connectivity index (χ1v) is 9.27. The summed E-state index contributed by atoms with van der Waals surface area (Å²) in [6.07, 6.45) is 1.93. The van der Waals surface area contributed by atoms with E-state index in [-0.39, 0.29) is 11.8 Å². The van der Waals surface area contributed by atoms with Crippen LogP contribution in [-0.4, -0.2) is 55.2 Å². The van der Waals surface area contributed by atoms with E-state index < -0.39 is 0 Å². The third-order valence-corrected chi connectivity index (χ3v) is 5.39. The first kappa shape index (κ1) is 16.6. The molecule has 4 rings (SSSR count). The maximum Gasteiger partial charge on any atom is 0.227 e. The lowest BCUT2D eigenvalue weighted by molar-refractivity contribution is -0.139. The highest BCUT2D eigenvalue weighted by Gasteiger charge is 2.30. The molecular weight excluding hydrogens is 338 g/mol. The first-order valence-electron chi connectivity index (χ1n) is 8.89. The average Bonchev–Trinajstić information content (AvgIpc) is 2.68. The standard InChI is InChI=1S/C19H22ClN3O2/c20-18-16-6-2-1-4-14(16)12-17(21-18)23-7-3-5-15(13-23)19(24)22-8-10-25-11-9-22/h1-2,4,6,12,15H,3,5,7-11,13H2. The molecule has 2 saturated heterocycles. The Hall–Kier alpha value is -1.85. The molecule has 132 valence electrons. The fraction of sp³-hybridized carbons (Fsp3) is 0.474. The molecular formula is C19H22ClN3O2. The third-order valence-electron chi connectivity index (χ3n) is 5.10. The van der Waals surface area contributed by atoms with Gasteiger partial charge in [-0.15, -0.1) is 0 Å². The number of hydrogen-bond donors (Lipinski definition) is 0. The van der Waals surface area contributed by atoms with Crippen LogP contribution in [0, 0.1) is 5.92 Å². The van der Waals surface area contributed by atoms with Crippen molar-refractivity contribution in [1.29, 1.82) is 0 Å². The van der Waals surface area contributed by atoms with Crippen LogP contribution in [0.15, 0.2) is 30.3 Å². The summed E-state index contributed by atoms with van der Waals surface area (Å²) < 4.78 is 5.35. The Morgan fingerprint density at radius 3 is 2.84 bits per heavy atom. The van der Waals surface area contributed by atoms with Gasteiger partial charge in [0.05, 0.1) is 19.1 Å². The number of carbonyl (C=O) groups excluding carboxylic acids is 1. The van der Waals surface area contributed by atoms with Crippen molar-refractivity contribution in [3.05, 3.63) is 35.5 Å². The quantitative estimate of drug-likeness (QED) is 0.773. The summed E-state index contributed by atoms with van der Waals surface area (Å²) >= 11 is 6.38. The van der Waals surface area contributed by atoms with E-state index in [0.29, 0.717) is 38.0 Å². The number of nitrogens with zero attached hydrogens (tertiary/aromatic N) is 3. The van der Waals surface area contributed by atoms with Crippen molar-refractivity contribution in [3.8, 4) is 0 Å². The van der Waals surface area contributed by atoms with Gasteiger partial charge in [0.25, 0.3) is 0 Å². The van der Waals surface area contributed by atoms with Crippen LogP contribution in [0.4, 0.5) is 5.82 Å². The number of benzene rings is 1. The second-order valence-electron chi connectivity index (χ2n) is 6.72. The monoisotopic (exact) mass is 359 g/mol. The van der Waals surface area contributed by atoms with Crippen molar-refractivity contribution >= 4 is 34.1 Å². The number of rotatable bonds is 2. The number of carbonyl (C=O) groups is 1. The Balaban J connectivity index is 1.54. The molecule has 1 unspecified atom stereocenters. The van der Waals surface area contributed by atoms with Gasteiger partial charge in [-0.05, 0) is 24.3 Å². The molecule has 25 heavy (non-hydrogen) atoms. The van der Waals surface area contributed by atoms with Crippen molar-refractivity contribution in [2.24, 2.45) is 5.92 Å². The maximum absolute atomic E-state index is 12.8. The molecule has 1 aromatic carbocycles. The summed E-state index contributed by atoms with van der Waals surface area (Å²) in [6, 6.07) is 10.1. The smallest absolute Gasteiger partial charge is 0.227 e. The Bertz CT molecular complexity index is 776. The van der Waals surface area contributed by atoms with Crippen LogP contribution >= 0.6 is 11.6 Å². The van der Waals surface area contributed by atoms with E-state index in [1.165, 1.54) is 0 Å². The zero-order valence-electron chi connectivity index (χ0n) is 14.2. The van der Waals surface area contributed by atoms with E-state index in [9.17, 15) is 4.79 Å². The van der Waals surface area contributed by atoms with E-state index in [1.54, 1.807) is 0 Å². The van der Waals surface area contributed by atoms with E-state index in [4.69, 9.17) is 16.3 Å². The number of pyridine rings is 1.